The highest BCUT2D eigenvalue weighted by molar-refractivity contribution is 9.10. The highest BCUT2D eigenvalue weighted by Crippen LogP contribution is 2.23. The van der Waals surface area contributed by atoms with Crippen LogP contribution in [0.15, 0.2) is 22.7 Å². The van der Waals surface area contributed by atoms with Crippen LogP contribution in [0.4, 0.5) is 5.69 Å². The van der Waals surface area contributed by atoms with E-state index in [-0.39, 0.29) is 19.1 Å². The summed E-state index contributed by atoms with van der Waals surface area (Å²) in [5.41, 5.74) is 1.47. The maximum Gasteiger partial charge on any atom is 0.238 e. The number of aryl methyl sites for hydroxylation is 1. The van der Waals surface area contributed by atoms with Crippen LogP contribution in [-0.2, 0) is 4.79 Å². The van der Waals surface area contributed by atoms with Crippen molar-refractivity contribution < 1.29 is 9.90 Å². The second kappa shape index (κ2) is 6.50. The van der Waals surface area contributed by atoms with E-state index in [9.17, 15) is 9.90 Å². The van der Waals surface area contributed by atoms with Gasteiger partial charge in [-0.05, 0) is 61.4 Å². The second-order valence-electron chi connectivity index (χ2n) is 5.36. The molecule has 0 aliphatic heterocycles. The standard InChI is InChI=1S/C14H21BrN2O2/c1-10-5-6-12(11(15)7-10)16-13(19)8-17(4)14(2,3)9-18/h5-7,18H,8-9H2,1-4H3,(H,16,19). The third kappa shape index (κ3) is 4.60. The van der Waals surface area contributed by atoms with Gasteiger partial charge in [0, 0.05) is 10.0 Å². The molecule has 0 bridgehead atoms. The van der Waals surface area contributed by atoms with Crippen molar-refractivity contribution >= 4 is 27.5 Å². The summed E-state index contributed by atoms with van der Waals surface area (Å²) in [5, 5.41) is 12.1. The topological polar surface area (TPSA) is 52.6 Å². The number of nitrogens with zero attached hydrogens (tertiary/aromatic N) is 1. The van der Waals surface area contributed by atoms with Crippen LogP contribution in [0.3, 0.4) is 0 Å². The van der Waals surface area contributed by atoms with Crippen LogP contribution >= 0.6 is 15.9 Å². The van der Waals surface area contributed by atoms with E-state index >= 15 is 0 Å². The quantitative estimate of drug-likeness (QED) is 0.872. The van der Waals surface area contributed by atoms with Crippen molar-refractivity contribution in [2.45, 2.75) is 26.3 Å². The van der Waals surface area contributed by atoms with Crippen LogP contribution in [0.2, 0.25) is 0 Å². The van der Waals surface area contributed by atoms with Crippen LogP contribution in [0.5, 0.6) is 0 Å². The predicted octanol–water partition coefficient (Wildman–Crippen LogP) is 2.40. The lowest BCUT2D eigenvalue weighted by Gasteiger charge is -2.33. The van der Waals surface area contributed by atoms with Gasteiger partial charge in [0.15, 0.2) is 0 Å². The molecule has 1 aromatic rings. The molecule has 4 nitrogen and oxygen atoms in total. The van der Waals surface area contributed by atoms with Gasteiger partial charge in [0.1, 0.15) is 0 Å². The number of likely N-dealkylation sites (N-methyl/N-ethyl adjacent to an activating group) is 1. The van der Waals surface area contributed by atoms with Gasteiger partial charge in [-0.25, -0.2) is 0 Å². The second-order valence-corrected chi connectivity index (χ2v) is 6.21. The van der Waals surface area contributed by atoms with Gasteiger partial charge >= 0.3 is 0 Å². The van der Waals surface area contributed by atoms with E-state index < -0.39 is 5.54 Å². The molecule has 0 fully saturated rings. The Hall–Kier alpha value is -0.910. The molecular weight excluding hydrogens is 308 g/mol. The summed E-state index contributed by atoms with van der Waals surface area (Å²) >= 11 is 3.43. The zero-order valence-corrected chi connectivity index (χ0v) is 13.4. The molecule has 106 valence electrons. The van der Waals surface area contributed by atoms with Gasteiger partial charge in [0.05, 0.1) is 18.8 Å². The first-order valence-electron chi connectivity index (χ1n) is 6.14. The number of benzene rings is 1. The molecule has 0 heterocycles. The highest BCUT2D eigenvalue weighted by Gasteiger charge is 2.24. The monoisotopic (exact) mass is 328 g/mol. The lowest BCUT2D eigenvalue weighted by molar-refractivity contribution is -0.118. The van der Waals surface area contributed by atoms with Gasteiger partial charge in [-0.1, -0.05) is 6.07 Å². The fourth-order valence-electron chi connectivity index (χ4n) is 1.46. The Balaban J connectivity index is 2.65. The Morgan fingerprint density at radius 1 is 1.47 bits per heavy atom. The molecule has 19 heavy (non-hydrogen) atoms. The summed E-state index contributed by atoms with van der Waals surface area (Å²) in [6.45, 7) is 6.01. The zero-order chi connectivity index (χ0) is 14.6. The van der Waals surface area contributed by atoms with Crippen molar-refractivity contribution in [1.29, 1.82) is 0 Å². The van der Waals surface area contributed by atoms with Crippen LogP contribution in [0.1, 0.15) is 19.4 Å². The average Bonchev–Trinajstić information content (AvgIpc) is 2.32. The van der Waals surface area contributed by atoms with Crippen molar-refractivity contribution in [2.75, 3.05) is 25.5 Å². The molecule has 0 unspecified atom stereocenters. The molecule has 0 spiro atoms. The Morgan fingerprint density at radius 3 is 2.63 bits per heavy atom. The fourth-order valence-corrected chi connectivity index (χ4v) is 2.05. The highest BCUT2D eigenvalue weighted by atomic mass is 79.9. The number of anilines is 1. The third-order valence-corrected chi connectivity index (χ3v) is 3.86. The van der Waals surface area contributed by atoms with Gasteiger partial charge in [-0.15, -0.1) is 0 Å². The predicted molar refractivity (Wildman–Crippen MR) is 81.3 cm³/mol. The molecule has 0 aliphatic rings. The molecule has 0 atom stereocenters. The van der Waals surface area contributed by atoms with E-state index in [2.05, 4.69) is 21.2 Å². The molecule has 1 aromatic carbocycles. The number of halogens is 1. The number of aliphatic hydroxyl groups is 1. The van der Waals surface area contributed by atoms with E-state index in [1.54, 1.807) is 0 Å². The maximum atomic E-state index is 12.0. The van der Waals surface area contributed by atoms with Gasteiger partial charge in [-0.2, -0.15) is 0 Å². The van der Waals surface area contributed by atoms with Crippen LogP contribution in [-0.4, -0.2) is 41.7 Å². The van der Waals surface area contributed by atoms with Gasteiger partial charge in [0.2, 0.25) is 5.91 Å². The van der Waals surface area contributed by atoms with E-state index in [0.717, 1.165) is 15.7 Å². The molecule has 1 amide bonds. The lowest BCUT2D eigenvalue weighted by atomic mass is 10.1. The minimum Gasteiger partial charge on any atom is -0.394 e. The summed E-state index contributed by atoms with van der Waals surface area (Å²) < 4.78 is 0.866. The largest absolute Gasteiger partial charge is 0.394 e. The molecule has 0 radical (unpaired) electrons. The first-order chi connectivity index (χ1) is 8.76. The van der Waals surface area contributed by atoms with Crippen molar-refractivity contribution in [3.05, 3.63) is 28.2 Å². The van der Waals surface area contributed by atoms with E-state index in [0.29, 0.717) is 0 Å². The number of amides is 1. The maximum absolute atomic E-state index is 12.0. The number of hydrogen-bond donors (Lipinski definition) is 2. The molecular formula is C14H21BrN2O2. The number of carbonyl (C=O) groups excluding carboxylic acids is 1. The minimum atomic E-state index is -0.415. The summed E-state index contributed by atoms with van der Waals surface area (Å²) in [6.07, 6.45) is 0. The van der Waals surface area contributed by atoms with Crippen molar-refractivity contribution in [3.8, 4) is 0 Å². The molecule has 0 aromatic heterocycles. The third-order valence-electron chi connectivity index (χ3n) is 3.20. The number of hydrogen-bond acceptors (Lipinski definition) is 3. The van der Waals surface area contributed by atoms with Crippen molar-refractivity contribution in [2.24, 2.45) is 0 Å². The Labute approximate surface area is 122 Å². The van der Waals surface area contributed by atoms with Gasteiger partial charge in [-0.3, -0.25) is 9.69 Å². The lowest BCUT2D eigenvalue weighted by Crippen LogP contribution is -2.47. The normalized spacial score (nSPS) is 11.7. The molecule has 5 heteroatoms. The molecule has 0 saturated heterocycles. The van der Waals surface area contributed by atoms with Crippen molar-refractivity contribution in [3.63, 3.8) is 0 Å². The van der Waals surface area contributed by atoms with Crippen molar-refractivity contribution in [1.82, 2.24) is 4.90 Å². The number of nitrogens with one attached hydrogen (secondary N) is 1. The van der Waals surface area contributed by atoms with Gasteiger partial charge < -0.3 is 10.4 Å². The Morgan fingerprint density at radius 2 is 2.11 bits per heavy atom. The van der Waals surface area contributed by atoms with Crippen LogP contribution in [0.25, 0.3) is 0 Å². The SMILES string of the molecule is Cc1ccc(NC(=O)CN(C)C(C)(C)CO)c(Br)c1. The van der Waals surface area contributed by atoms with E-state index in [4.69, 9.17) is 0 Å². The molecule has 0 saturated carbocycles. The summed E-state index contributed by atoms with van der Waals surface area (Å²) in [6, 6.07) is 5.77. The molecule has 2 N–H and O–H groups in total. The fraction of sp³-hybridized carbons (Fsp3) is 0.500. The summed E-state index contributed by atoms with van der Waals surface area (Å²) in [5.74, 6) is -0.103. The van der Waals surface area contributed by atoms with Crippen LogP contribution < -0.4 is 5.32 Å². The zero-order valence-electron chi connectivity index (χ0n) is 11.8. The first-order valence-corrected chi connectivity index (χ1v) is 6.93. The molecule has 0 aliphatic carbocycles. The first kappa shape index (κ1) is 16.1. The van der Waals surface area contributed by atoms with E-state index in [1.807, 2.05) is 50.9 Å². The molecule has 1 rings (SSSR count). The average molecular weight is 329 g/mol. The van der Waals surface area contributed by atoms with Gasteiger partial charge in [0.25, 0.3) is 0 Å². The Bertz CT molecular complexity index is 461. The Kier molecular flexibility index (Phi) is 5.52. The number of aliphatic hydroxyl groups excluding tert-OH is 1. The van der Waals surface area contributed by atoms with E-state index in [1.165, 1.54) is 0 Å². The summed E-state index contributed by atoms with van der Waals surface area (Å²) in [4.78, 5) is 13.8. The number of carbonyl (C=O) groups is 1. The minimum absolute atomic E-state index is 0.00497. The number of rotatable bonds is 5. The van der Waals surface area contributed by atoms with Crippen LogP contribution in [0, 0.1) is 6.92 Å². The smallest absolute Gasteiger partial charge is 0.238 e. The summed E-state index contributed by atoms with van der Waals surface area (Å²) in [7, 11) is 1.82.